The molecule has 0 spiro atoms. The van der Waals surface area contributed by atoms with Gasteiger partial charge in [-0.1, -0.05) is 12.1 Å². The molecule has 2 aromatic rings. The number of thioether (sulfide) groups is 1. The molecule has 174 valence electrons. The molecule has 1 atom stereocenters. The van der Waals surface area contributed by atoms with Crippen molar-refractivity contribution in [2.45, 2.75) is 17.4 Å². The number of aromatic nitrogens is 1. The van der Waals surface area contributed by atoms with Crippen LogP contribution in [-0.4, -0.2) is 75.5 Å². The smallest absolute Gasteiger partial charge is 0.244 e. The van der Waals surface area contributed by atoms with Crippen LogP contribution in [0.1, 0.15) is 6.42 Å². The Balaban J connectivity index is 1.68. The maximum Gasteiger partial charge on any atom is 0.244 e. The minimum absolute atomic E-state index is 0.257. The van der Waals surface area contributed by atoms with Crippen molar-refractivity contribution in [3.05, 3.63) is 48.4 Å². The minimum atomic E-state index is -4.21. The van der Waals surface area contributed by atoms with Crippen LogP contribution in [0.2, 0.25) is 0 Å². The third kappa shape index (κ3) is 6.41. The summed E-state index contributed by atoms with van der Waals surface area (Å²) in [5.74, 6) is -0.00511. The van der Waals surface area contributed by atoms with E-state index in [-0.39, 0.29) is 6.42 Å². The Morgan fingerprint density at radius 1 is 1.19 bits per heavy atom. The molecule has 1 aromatic carbocycles. The summed E-state index contributed by atoms with van der Waals surface area (Å²) in [6.45, 7) is 3.67. The molecule has 3 rings (SSSR count). The van der Waals surface area contributed by atoms with Gasteiger partial charge in [0.15, 0.2) is 0 Å². The number of hydrogen-bond donors (Lipinski definition) is 2. The summed E-state index contributed by atoms with van der Waals surface area (Å²) in [7, 11) is -2.12. The summed E-state index contributed by atoms with van der Waals surface area (Å²) >= 11 is 1.49. The van der Waals surface area contributed by atoms with E-state index < -0.39 is 32.7 Å². The van der Waals surface area contributed by atoms with E-state index in [1.54, 1.807) is 12.3 Å². The lowest BCUT2D eigenvalue weighted by Gasteiger charge is -2.33. The fourth-order valence-corrected chi connectivity index (χ4v) is 5.08. The van der Waals surface area contributed by atoms with Crippen LogP contribution < -0.4 is 14.9 Å². The third-order valence-electron chi connectivity index (χ3n) is 5.19. The predicted molar refractivity (Wildman–Crippen MR) is 126 cm³/mol. The summed E-state index contributed by atoms with van der Waals surface area (Å²) in [5.41, 5.74) is 0.465. The number of sulfonamides is 1. The van der Waals surface area contributed by atoms with Gasteiger partial charge in [-0.2, -0.15) is 16.5 Å². The summed E-state index contributed by atoms with van der Waals surface area (Å²) in [6, 6.07) is 7.61. The SMILES string of the molecule is CSCCC(NS(=O)(=O)c1ccccc1F)C(=O)Nc1ccc(N2CCN(C)CC2)nc1. The average Bonchev–Trinajstić information content (AvgIpc) is 2.78. The molecule has 1 aliphatic rings. The largest absolute Gasteiger partial charge is 0.354 e. The third-order valence-corrected chi connectivity index (χ3v) is 7.34. The van der Waals surface area contributed by atoms with Gasteiger partial charge in [-0.05, 0) is 49.7 Å². The van der Waals surface area contributed by atoms with Crippen LogP contribution in [-0.2, 0) is 14.8 Å². The van der Waals surface area contributed by atoms with E-state index in [1.807, 2.05) is 12.3 Å². The number of halogens is 1. The van der Waals surface area contributed by atoms with E-state index in [2.05, 4.69) is 31.9 Å². The Morgan fingerprint density at radius 3 is 2.53 bits per heavy atom. The lowest BCUT2D eigenvalue weighted by molar-refractivity contribution is -0.117. The first-order valence-electron chi connectivity index (χ1n) is 10.3. The number of carbonyl (C=O) groups is 1. The maximum atomic E-state index is 14.0. The quantitative estimate of drug-likeness (QED) is 0.566. The standard InChI is InChI=1S/C21H28FN5O3S2/c1-26-10-12-27(13-11-26)20-8-7-16(15-23-20)24-21(28)18(9-14-31-2)25-32(29,30)19-6-4-3-5-17(19)22/h3-8,15,18,25H,9-14H2,1-2H3,(H,24,28). The fourth-order valence-electron chi connectivity index (χ4n) is 3.30. The van der Waals surface area contributed by atoms with Gasteiger partial charge in [-0.3, -0.25) is 4.79 Å². The molecule has 1 fully saturated rings. The van der Waals surface area contributed by atoms with Gasteiger partial charge in [0.1, 0.15) is 22.6 Å². The van der Waals surface area contributed by atoms with E-state index >= 15 is 0 Å². The summed E-state index contributed by atoms with van der Waals surface area (Å²) in [5, 5.41) is 2.72. The Labute approximate surface area is 192 Å². The van der Waals surface area contributed by atoms with Crippen molar-refractivity contribution in [3.63, 3.8) is 0 Å². The van der Waals surface area contributed by atoms with Gasteiger partial charge in [0.25, 0.3) is 0 Å². The Hall–Kier alpha value is -2.21. The number of anilines is 2. The van der Waals surface area contributed by atoms with Gasteiger partial charge in [0, 0.05) is 26.2 Å². The number of nitrogens with one attached hydrogen (secondary N) is 2. The van der Waals surface area contributed by atoms with Gasteiger partial charge in [-0.15, -0.1) is 0 Å². The van der Waals surface area contributed by atoms with Crippen LogP contribution in [0.3, 0.4) is 0 Å². The summed E-state index contributed by atoms with van der Waals surface area (Å²) in [4.78, 5) is 21.2. The lowest BCUT2D eigenvalue weighted by Crippen LogP contribution is -2.45. The molecule has 2 N–H and O–H groups in total. The predicted octanol–water partition coefficient (Wildman–Crippen LogP) is 2.01. The first kappa shape index (κ1) is 24.4. The molecule has 0 bridgehead atoms. The number of hydrogen-bond acceptors (Lipinski definition) is 7. The molecule has 0 radical (unpaired) electrons. The van der Waals surface area contributed by atoms with Crippen molar-refractivity contribution in [3.8, 4) is 0 Å². The van der Waals surface area contributed by atoms with Crippen molar-refractivity contribution in [2.75, 3.05) is 55.5 Å². The number of rotatable bonds is 9. The molecule has 1 aromatic heterocycles. The molecule has 1 saturated heterocycles. The molecule has 8 nitrogen and oxygen atoms in total. The molecular formula is C21H28FN5O3S2. The van der Waals surface area contributed by atoms with Crippen LogP contribution in [0, 0.1) is 5.82 Å². The number of pyridine rings is 1. The number of benzene rings is 1. The minimum Gasteiger partial charge on any atom is -0.354 e. The van der Waals surface area contributed by atoms with Crippen LogP contribution in [0.15, 0.2) is 47.5 Å². The van der Waals surface area contributed by atoms with Crippen molar-refractivity contribution in [2.24, 2.45) is 0 Å². The van der Waals surface area contributed by atoms with Crippen molar-refractivity contribution >= 4 is 39.2 Å². The number of amides is 1. The average molecular weight is 482 g/mol. The topological polar surface area (TPSA) is 94.6 Å². The van der Waals surface area contributed by atoms with Crippen LogP contribution >= 0.6 is 11.8 Å². The number of carbonyl (C=O) groups excluding carboxylic acids is 1. The van der Waals surface area contributed by atoms with Crippen molar-refractivity contribution in [1.82, 2.24) is 14.6 Å². The summed E-state index contributed by atoms with van der Waals surface area (Å²) < 4.78 is 41.7. The molecule has 1 unspecified atom stereocenters. The zero-order valence-electron chi connectivity index (χ0n) is 18.1. The van der Waals surface area contributed by atoms with E-state index in [1.165, 1.54) is 30.0 Å². The van der Waals surface area contributed by atoms with Crippen molar-refractivity contribution in [1.29, 1.82) is 0 Å². The van der Waals surface area contributed by atoms with Gasteiger partial charge >= 0.3 is 0 Å². The van der Waals surface area contributed by atoms with Crippen LogP contribution in [0.4, 0.5) is 15.9 Å². The van der Waals surface area contributed by atoms with Crippen LogP contribution in [0.25, 0.3) is 0 Å². The molecule has 2 heterocycles. The highest BCUT2D eigenvalue weighted by atomic mass is 32.2. The number of piperazine rings is 1. The molecule has 1 amide bonds. The van der Waals surface area contributed by atoms with E-state index in [0.717, 1.165) is 38.1 Å². The van der Waals surface area contributed by atoms with Gasteiger partial charge in [-0.25, -0.2) is 17.8 Å². The van der Waals surface area contributed by atoms with Gasteiger partial charge < -0.3 is 15.1 Å². The van der Waals surface area contributed by atoms with Crippen molar-refractivity contribution < 1.29 is 17.6 Å². The summed E-state index contributed by atoms with van der Waals surface area (Å²) in [6.07, 6.45) is 3.68. The number of nitrogens with zero attached hydrogens (tertiary/aromatic N) is 3. The fraction of sp³-hybridized carbons (Fsp3) is 0.429. The van der Waals surface area contributed by atoms with Gasteiger partial charge in [0.2, 0.25) is 15.9 Å². The monoisotopic (exact) mass is 481 g/mol. The first-order chi connectivity index (χ1) is 15.3. The number of likely N-dealkylation sites (N-methyl/N-ethyl adjacent to an activating group) is 1. The Morgan fingerprint density at radius 2 is 1.91 bits per heavy atom. The zero-order chi connectivity index (χ0) is 23.1. The normalized spacial score (nSPS) is 16.0. The Bertz CT molecular complexity index is 1010. The molecular weight excluding hydrogens is 453 g/mol. The zero-order valence-corrected chi connectivity index (χ0v) is 19.8. The van der Waals surface area contributed by atoms with Crippen LogP contribution in [0.5, 0.6) is 0 Å². The second kappa shape index (κ2) is 11.1. The second-order valence-corrected chi connectivity index (χ2v) is 10.2. The molecule has 11 heteroatoms. The van der Waals surface area contributed by atoms with E-state index in [9.17, 15) is 17.6 Å². The van der Waals surface area contributed by atoms with Gasteiger partial charge in [0.05, 0.1) is 11.9 Å². The first-order valence-corrected chi connectivity index (χ1v) is 13.1. The Kier molecular flexibility index (Phi) is 8.46. The lowest BCUT2D eigenvalue weighted by atomic mass is 10.2. The molecule has 1 aliphatic heterocycles. The van der Waals surface area contributed by atoms with E-state index in [4.69, 9.17) is 0 Å². The highest BCUT2D eigenvalue weighted by molar-refractivity contribution is 7.98. The van der Waals surface area contributed by atoms with E-state index in [0.29, 0.717) is 11.4 Å². The second-order valence-electron chi connectivity index (χ2n) is 7.57. The maximum absolute atomic E-state index is 14.0. The molecule has 0 saturated carbocycles. The highest BCUT2D eigenvalue weighted by Crippen LogP contribution is 2.18. The molecule has 32 heavy (non-hydrogen) atoms. The highest BCUT2D eigenvalue weighted by Gasteiger charge is 2.27. The molecule has 0 aliphatic carbocycles.